The Morgan fingerprint density at radius 1 is 1.53 bits per heavy atom. The first-order valence-corrected chi connectivity index (χ1v) is 6.18. The minimum Gasteiger partial charge on any atom is -0.378 e. The summed E-state index contributed by atoms with van der Waals surface area (Å²) in [7, 11) is 0. The molecule has 2 aromatic rings. The van der Waals surface area contributed by atoms with Gasteiger partial charge in [0.15, 0.2) is 5.82 Å². The number of nitrogens with zero attached hydrogens (tertiary/aromatic N) is 4. The van der Waals surface area contributed by atoms with Crippen LogP contribution in [0.2, 0.25) is 0 Å². The minimum absolute atomic E-state index is 0.0846. The summed E-state index contributed by atoms with van der Waals surface area (Å²) in [4.78, 5) is 18.2. The van der Waals surface area contributed by atoms with Crippen LogP contribution in [-0.4, -0.2) is 26.6 Å². The van der Waals surface area contributed by atoms with E-state index in [1.165, 1.54) is 12.4 Å². The molecule has 0 radical (unpaired) electrons. The summed E-state index contributed by atoms with van der Waals surface area (Å²) in [6, 6.07) is 0. The van der Waals surface area contributed by atoms with Crippen LogP contribution in [0.3, 0.4) is 0 Å². The van der Waals surface area contributed by atoms with Gasteiger partial charge in [-0.1, -0.05) is 5.16 Å². The molecule has 0 bridgehead atoms. The fraction of sp³-hybridized carbons (Fsp3) is 0.300. The first-order chi connectivity index (χ1) is 9.08. The van der Waals surface area contributed by atoms with Crippen LogP contribution in [-0.2, 0) is 6.42 Å². The Balaban J connectivity index is 2.05. The molecule has 0 fully saturated rings. The van der Waals surface area contributed by atoms with Crippen LogP contribution in [0.15, 0.2) is 21.4 Å². The molecule has 19 heavy (non-hydrogen) atoms. The molecule has 2 aromatic heterocycles. The average molecular weight is 328 g/mol. The van der Waals surface area contributed by atoms with Crippen molar-refractivity contribution in [1.82, 2.24) is 15.1 Å². The highest BCUT2D eigenvalue weighted by Gasteiger charge is 2.17. The molecule has 0 spiro atoms. The maximum Gasteiger partial charge on any atom is 0.311 e. The second-order valence-electron chi connectivity index (χ2n) is 3.68. The largest absolute Gasteiger partial charge is 0.378 e. The van der Waals surface area contributed by atoms with Crippen LogP contribution >= 0.6 is 15.9 Å². The Bertz CT molecular complexity index is 601. The molecule has 9 heteroatoms. The van der Waals surface area contributed by atoms with Crippen LogP contribution in [0.1, 0.15) is 11.7 Å². The fourth-order valence-electron chi connectivity index (χ4n) is 1.48. The predicted octanol–water partition coefficient (Wildman–Crippen LogP) is 2.10. The lowest BCUT2D eigenvalue weighted by atomic mass is 10.3. The van der Waals surface area contributed by atoms with E-state index in [1.54, 1.807) is 6.92 Å². The third-order valence-corrected chi connectivity index (χ3v) is 2.90. The molecule has 0 aliphatic rings. The molecule has 2 heterocycles. The molecule has 8 nitrogen and oxygen atoms in total. The minimum atomic E-state index is -0.488. The van der Waals surface area contributed by atoms with Gasteiger partial charge in [0, 0.05) is 26.1 Å². The summed E-state index contributed by atoms with van der Waals surface area (Å²) in [6.45, 7) is 2.15. The monoisotopic (exact) mass is 327 g/mol. The second-order valence-corrected chi connectivity index (χ2v) is 4.53. The molecule has 2 rings (SSSR count). The standard InChI is InChI=1S/C10H10BrN5O3/c1-6-14-9(15-19-6)2-3-13-10-7(11)4-12-5-8(10)16(17)18/h4-5H,2-3H2,1H3,(H,12,13). The Hall–Kier alpha value is -2.03. The lowest BCUT2D eigenvalue weighted by molar-refractivity contribution is -0.384. The average Bonchev–Trinajstić information content (AvgIpc) is 2.77. The van der Waals surface area contributed by atoms with Gasteiger partial charge in [-0.2, -0.15) is 4.98 Å². The van der Waals surface area contributed by atoms with Crippen LogP contribution < -0.4 is 5.32 Å². The van der Waals surface area contributed by atoms with E-state index in [-0.39, 0.29) is 5.69 Å². The molecule has 0 saturated carbocycles. The van der Waals surface area contributed by atoms with Crippen molar-refractivity contribution in [3.8, 4) is 0 Å². The van der Waals surface area contributed by atoms with E-state index in [0.29, 0.717) is 34.8 Å². The van der Waals surface area contributed by atoms with Crippen molar-refractivity contribution in [1.29, 1.82) is 0 Å². The van der Waals surface area contributed by atoms with Crippen LogP contribution in [0.4, 0.5) is 11.4 Å². The Labute approximate surface area is 116 Å². The lowest BCUT2D eigenvalue weighted by Gasteiger charge is -2.07. The molecule has 0 aromatic carbocycles. The Morgan fingerprint density at radius 3 is 2.95 bits per heavy atom. The van der Waals surface area contributed by atoms with Crippen molar-refractivity contribution in [3.05, 3.63) is 38.7 Å². The smallest absolute Gasteiger partial charge is 0.311 e. The number of aromatic nitrogens is 3. The maximum atomic E-state index is 10.9. The quantitative estimate of drug-likeness (QED) is 0.661. The van der Waals surface area contributed by atoms with Crippen LogP contribution in [0, 0.1) is 17.0 Å². The van der Waals surface area contributed by atoms with Gasteiger partial charge in [-0.05, 0) is 15.9 Å². The van der Waals surface area contributed by atoms with Gasteiger partial charge >= 0.3 is 5.69 Å². The summed E-state index contributed by atoms with van der Waals surface area (Å²) < 4.78 is 5.37. The molecule has 0 atom stereocenters. The topological polar surface area (TPSA) is 107 Å². The molecule has 0 saturated heterocycles. The summed E-state index contributed by atoms with van der Waals surface area (Å²) in [5, 5.41) is 17.6. The molecular formula is C10H10BrN5O3. The van der Waals surface area contributed by atoms with Crippen molar-refractivity contribution in [2.24, 2.45) is 0 Å². The first kappa shape index (κ1) is 13.4. The third-order valence-electron chi connectivity index (χ3n) is 2.30. The van der Waals surface area contributed by atoms with Gasteiger partial charge in [0.05, 0.1) is 9.40 Å². The highest BCUT2D eigenvalue weighted by atomic mass is 79.9. The van der Waals surface area contributed by atoms with Gasteiger partial charge in [-0.25, -0.2) is 0 Å². The highest BCUT2D eigenvalue weighted by Crippen LogP contribution is 2.30. The summed E-state index contributed by atoms with van der Waals surface area (Å²) in [6.07, 6.45) is 3.20. The van der Waals surface area contributed by atoms with Crippen LogP contribution in [0.5, 0.6) is 0 Å². The zero-order chi connectivity index (χ0) is 13.8. The van der Waals surface area contributed by atoms with Crippen molar-refractivity contribution in [2.75, 3.05) is 11.9 Å². The molecule has 1 N–H and O–H groups in total. The zero-order valence-electron chi connectivity index (χ0n) is 9.96. The van der Waals surface area contributed by atoms with Crippen molar-refractivity contribution >= 4 is 27.3 Å². The molecule has 100 valence electrons. The van der Waals surface area contributed by atoms with Gasteiger partial charge in [0.2, 0.25) is 5.89 Å². The van der Waals surface area contributed by atoms with E-state index in [1.807, 2.05) is 0 Å². The SMILES string of the molecule is Cc1nc(CCNc2c(Br)cncc2[N+](=O)[O-])no1. The van der Waals surface area contributed by atoms with Crippen molar-refractivity contribution in [3.63, 3.8) is 0 Å². The molecule has 0 aliphatic carbocycles. The first-order valence-electron chi connectivity index (χ1n) is 5.39. The van der Waals surface area contributed by atoms with Gasteiger partial charge in [-0.15, -0.1) is 0 Å². The summed E-state index contributed by atoms with van der Waals surface area (Å²) >= 11 is 3.23. The van der Waals surface area contributed by atoms with E-state index in [9.17, 15) is 10.1 Å². The Kier molecular flexibility index (Phi) is 4.05. The third kappa shape index (κ3) is 3.25. The van der Waals surface area contributed by atoms with Crippen molar-refractivity contribution in [2.45, 2.75) is 13.3 Å². The van der Waals surface area contributed by atoms with E-state index >= 15 is 0 Å². The van der Waals surface area contributed by atoms with E-state index in [4.69, 9.17) is 4.52 Å². The molecule has 0 aliphatic heterocycles. The Morgan fingerprint density at radius 2 is 2.32 bits per heavy atom. The summed E-state index contributed by atoms with van der Waals surface area (Å²) in [5.74, 6) is 1.05. The highest BCUT2D eigenvalue weighted by molar-refractivity contribution is 9.10. The molecular weight excluding hydrogens is 318 g/mol. The van der Waals surface area contributed by atoms with E-state index in [0.717, 1.165) is 0 Å². The number of anilines is 1. The normalized spacial score (nSPS) is 10.4. The molecule has 0 unspecified atom stereocenters. The molecule has 0 amide bonds. The number of nitrogens with one attached hydrogen (secondary N) is 1. The van der Waals surface area contributed by atoms with Crippen molar-refractivity contribution < 1.29 is 9.45 Å². The zero-order valence-corrected chi connectivity index (χ0v) is 11.5. The number of nitro groups is 1. The van der Waals surface area contributed by atoms with Gasteiger partial charge in [0.25, 0.3) is 0 Å². The number of pyridine rings is 1. The number of hydrogen-bond donors (Lipinski definition) is 1. The van der Waals surface area contributed by atoms with Gasteiger partial charge in [0.1, 0.15) is 11.9 Å². The second kappa shape index (κ2) is 5.74. The van der Waals surface area contributed by atoms with Gasteiger partial charge < -0.3 is 9.84 Å². The fourth-order valence-corrected chi connectivity index (χ4v) is 1.94. The van der Waals surface area contributed by atoms with E-state index in [2.05, 4.69) is 36.4 Å². The van der Waals surface area contributed by atoms with E-state index < -0.39 is 4.92 Å². The number of rotatable bonds is 5. The predicted molar refractivity (Wildman–Crippen MR) is 69.8 cm³/mol. The maximum absolute atomic E-state index is 10.9. The number of halogens is 1. The summed E-state index contributed by atoms with van der Waals surface area (Å²) in [5.41, 5.74) is 0.305. The van der Waals surface area contributed by atoms with Crippen LogP contribution in [0.25, 0.3) is 0 Å². The number of aryl methyl sites for hydroxylation is 1. The van der Waals surface area contributed by atoms with Gasteiger partial charge in [-0.3, -0.25) is 15.1 Å². The number of hydrogen-bond acceptors (Lipinski definition) is 7. The lowest BCUT2D eigenvalue weighted by Crippen LogP contribution is -2.08.